The molecule has 0 radical (unpaired) electrons. The van der Waals surface area contributed by atoms with Crippen molar-refractivity contribution < 1.29 is 19.1 Å². The first-order valence-electron chi connectivity index (χ1n) is 11.4. The van der Waals surface area contributed by atoms with Crippen molar-refractivity contribution in [3.05, 3.63) is 76.6 Å². The molecule has 3 aromatic rings. The van der Waals surface area contributed by atoms with Gasteiger partial charge in [-0.25, -0.2) is 0 Å². The molecule has 1 aromatic heterocycles. The number of primary amides is 1. The normalized spacial score (nSPS) is 11.0. The predicted molar refractivity (Wildman–Crippen MR) is 149 cm³/mol. The van der Waals surface area contributed by atoms with Gasteiger partial charge >= 0.3 is 0 Å². The minimum absolute atomic E-state index is 0.206. The van der Waals surface area contributed by atoms with Crippen molar-refractivity contribution in [2.24, 2.45) is 5.73 Å². The number of anilines is 3. The van der Waals surface area contributed by atoms with Gasteiger partial charge in [0.05, 0.1) is 41.5 Å². The Hall–Kier alpha value is -4.05. The minimum Gasteiger partial charge on any atom is -0.494 e. The van der Waals surface area contributed by atoms with Crippen LogP contribution in [0.4, 0.5) is 17.1 Å². The molecule has 3 rings (SSSR count). The highest BCUT2D eigenvalue weighted by Gasteiger charge is 2.23. The van der Waals surface area contributed by atoms with E-state index in [-0.39, 0.29) is 11.0 Å². The van der Waals surface area contributed by atoms with Crippen LogP contribution in [0.25, 0.3) is 0 Å². The third-order valence-corrected chi connectivity index (χ3v) is 6.06. The Balaban J connectivity index is 1.89. The number of nitrogens with one attached hydrogen (secondary N) is 3. The monoisotopic (exact) mass is 521 g/mol. The van der Waals surface area contributed by atoms with Gasteiger partial charge in [-0.3, -0.25) is 19.4 Å². The summed E-state index contributed by atoms with van der Waals surface area (Å²) >= 11 is 1.40. The van der Waals surface area contributed by atoms with Crippen LogP contribution in [0.15, 0.2) is 48.7 Å². The molecular formula is C27H31N5O4S. The van der Waals surface area contributed by atoms with E-state index in [2.05, 4.69) is 41.1 Å². The van der Waals surface area contributed by atoms with E-state index in [0.29, 0.717) is 39.6 Å². The number of ether oxygens (including phenoxy) is 1. The van der Waals surface area contributed by atoms with Crippen molar-refractivity contribution in [1.29, 1.82) is 0 Å². The number of aryl methyl sites for hydroxylation is 1. The van der Waals surface area contributed by atoms with E-state index in [4.69, 9.17) is 10.5 Å². The molecule has 194 valence electrons. The van der Waals surface area contributed by atoms with Crippen molar-refractivity contribution in [2.45, 2.75) is 33.1 Å². The van der Waals surface area contributed by atoms with Crippen LogP contribution in [0, 0.1) is 6.92 Å². The molecule has 1 heterocycles. The fourth-order valence-corrected chi connectivity index (χ4v) is 3.95. The highest BCUT2D eigenvalue weighted by Crippen LogP contribution is 2.36. The van der Waals surface area contributed by atoms with Crippen LogP contribution < -0.4 is 25.8 Å². The molecule has 9 nitrogen and oxygen atoms in total. The van der Waals surface area contributed by atoms with Crippen molar-refractivity contribution in [2.75, 3.05) is 28.7 Å². The number of carbonyl (C=O) groups excluding carboxylic acids is 3. The largest absolute Gasteiger partial charge is 0.494 e. The average Bonchev–Trinajstić information content (AvgIpc) is 2.84. The molecule has 0 aliphatic carbocycles. The second kappa shape index (κ2) is 11.3. The molecule has 0 bridgehead atoms. The van der Waals surface area contributed by atoms with Crippen molar-refractivity contribution >= 4 is 46.7 Å². The summed E-state index contributed by atoms with van der Waals surface area (Å²) in [5.74, 6) is -0.947. The molecule has 2 aromatic carbocycles. The van der Waals surface area contributed by atoms with Crippen LogP contribution in [-0.4, -0.2) is 36.1 Å². The van der Waals surface area contributed by atoms with Gasteiger partial charge in [0.1, 0.15) is 0 Å². The Labute approximate surface area is 220 Å². The third-order valence-electron chi connectivity index (χ3n) is 5.63. The van der Waals surface area contributed by atoms with E-state index in [0.717, 1.165) is 5.56 Å². The Morgan fingerprint density at radius 1 is 0.946 bits per heavy atom. The van der Waals surface area contributed by atoms with Gasteiger partial charge in [-0.05, 0) is 60.4 Å². The lowest BCUT2D eigenvalue weighted by Crippen LogP contribution is -2.19. The molecule has 3 amide bonds. The van der Waals surface area contributed by atoms with E-state index in [1.54, 1.807) is 25.1 Å². The van der Waals surface area contributed by atoms with Crippen LogP contribution in [0.2, 0.25) is 0 Å². The van der Waals surface area contributed by atoms with Crippen LogP contribution in [-0.2, 0) is 5.41 Å². The minimum atomic E-state index is -0.553. The molecule has 0 aliphatic heterocycles. The lowest BCUT2D eigenvalue weighted by molar-refractivity contribution is 0.0996. The van der Waals surface area contributed by atoms with E-state index < -0.39 is 17.7 Å². The van der Waals surface area contributed by atoms with Gasteiger partial charge in [-0.2, -0.15) is 0 Å². The van der Waals surface area contributed by atoms with Gasteiger partial charge in [0.2, 0.25) is 5.91 Å². The van der Waals surface area contributed by atoms with Gasteiger partial charge < -0.3 is 25.8 Å². The maximum Gasteiger partial charge on any atom is 0.259 e. The van der Waals surface area contributed by atoms with Crippen LogP contribution in [0.5, 0.6) is 5.75 Å². The lowest BCUT2D eigenvalue weighted by atomic mass is 9.85. The zero-order valence-electron chi connectivity index (χ0n) is 21.7. The molecule has 10 heteroatoms. The first-order valence-corrected chi connectivity index (χ1v) is 12.7. The standard InChI is InChI=1S/C27H31N5O4S/c1-15-20(25(34)30-18-9-7-16(8-10-18)24(28)33)13-19(14-29-15)31-26(35)21-11-17(27(2,3)4)12-22(32-37-6)23(21)36-5/h7-14,32H,1-6H3,(H2,28,33)(H,30,34)(H,31,35). The summed E-state index contributed by atoms with van der Waals surface area (Å²) in [6.45, 7) is 7.90. The number of aromatic nitrogens is 1. The maximum absolute atomic E-state index is 13.4. The summed E-state index contributed by atoms with van der Waals surface area (Å²) < 4.78 is 8.76. The molecule has 0 spiro atoms. The third kappa shape index (κ3) is 6.59. The summed E-state index contributed by atoms with van der Waals surface area (Å²) in [5.41, 5.74) is 9.02. The first kappa shape index (κ1) is 27.5. The Kier molecular flexibility index (Phi) is 8.44. The number of amides is 3. The summed E-state index contributed by atoms with van der Waals surface area (Å²) in [7, 11) is 1.51. The van der Waals surface area contributed by atoms with Crippen LogP contribution >= 0.6 is 11.9 Å². The number of carbonyl (C=O) groups is 3. The molecule has 0 fully saturated rings. The summed E-state index contributed by atoms with van der Waals surface area (Å²) in [4.78, 5) is 41.9. The molecule has 0 saturated carbocycles. The van der Waals surface area contributed by atoms with Gasteiger partial charge in [-0.1, -0.05) is 32.7 Å². The molecule has 0 atom stereocenters. The smallest absolute Gasteiger partial charge is 0.259 e. The van der Waals surface area contributed by atoms with Gasteiger partial charge in [0.25, 0.3) is 11.8 Å². The molecule has 0 aliphatic rings. The predicted octanol–water partition coefficient (Wildman–Crippen LogP) is 4.99. The van der Waals surface area contributed by atoms with Crippen molar-refractivity contribution in [3.8, 4) is 5.75 Å². The van der Waals surface area contributed by atoms with Gasteiger partial charge in [-0.15, -0.1) is 0 Å². The second-order valence-corrected chi connectivity index (χ2v) is 9.98. The summed E-state index contributed by atoms with van der Waals surface area (Å²) in [5, 5.41) is 5.61. The first-order chi connectivity index (χ1) is 17.4. The zero-order valence-corrected chi connectivity index (χ0v) is 22.5. The number of hydrogen-bond acceptors (Lipinski definition) is 7. The number of nitrogens with two attached hydrogens (primary N) is 1. The fourth-order valence-electron chi connectivity index (χ4n) is 3.58. The van der Waals surface area contributed by atoms with Crippen molar-refractivity contribution in [1.82, 2.24) is 4.98 Å². The molecular weight excluding hydrogens is 490 g/mol. The Bertz CT molecular complexity index is 1330. The average molecular weight is 522 g/mol. The van der Waals surface area contributed by atoms with Gasteiger partial charge in [0, 0.05) is 17.5 Å². The van der Waals surface area contributed by atoms with Crippen LogP contribution in [0.3, 0.4) is 0 Å². The highest BCUT2D eigenvalue weighted by atomic mass is 32.2. The Morgan fingerprint density at radius 2 is 1.57 bits per heavy atom. The van der Waals surface area contributed by atoms with E-state index in [1.165, 1.54) is 37.4 Å². The van der Waals surface area contributed by atoms with Crippen molar-refractivity contribution in [3.63, 3.8) is 0 Å². The lowest BCUT2D eigenvalue weighted by Gasteiger charge is -2.23. The Morgan fingerprint density at radius 3 is 2.14 bits per heavy atom. The maximum atomic E-state index is 13.4. The number of hydrogen-bond donors (Lipinski definition) is 4. The van der Waals surface area contributed by atoms with E-state index >= 15 is 0 Å². The SMILES string of the molecule is COc1c(NSC)cc(C(C)(C)C)cc1C(=O)Nc1cnc(C)c(C(=O)Nc2ccc(C(N)=O)cc2)c1. The quantitative estimate of drug-likeness (QED) is 0.307. The van der Waals surface area contributed by atoms with Gasteiger partial charge in [0.15, 0.2) is 5.75 Å². The number of nitrogens with zero attached hydrogens (tertiary/aromatic N) is 1. The fraction of sp³-hybridized carbons (Fsp3) is 0.259. The van der Waals surface area contributed by atoms with Crippen LogP contribution in [0.1, 0.15) is 63.1 Å². The number of pyridine rings is 1. The van der Waals surface area contributed by atoms with E-state index in [9.17, 15) is 14.4 Å². The summed E-state index contributed by atoms with van der Waals surface area (Å²) in [6, 6.07) is 11.6. The summed E-state index contributed by atoms with van der Waals surface area (Å²) in [6.07, 6.45) is 3.38. The molecule has 0 unspecified atom stereocenters. The zero-order chi connectivity index (χ0) is 27.3. The van der Waals surface area contributed by atoms with E-state index in [1.807, 2.05) is 18.4 Å². The number of benzene rings is 2. The topological polar surface area (TPSA) is 135 Å². The number of methoxy groups -OCH3 is 1. The second-order valence-electron chi connectivity index (χ2n) is 9.37. The number of rotatable bonds is 8. The highest BCUT2D eigenvalue weighted by molar-refractivity contribution is 7.99. The molecule has 5 N–H and O–H groups in total. The molecule has 0 saturated heterocycles. The molecule has 37 heavy (non-hydrogen) atoms.